The molecular formula is C14H23BrOSi. The van der Waals surface area contributed by atoms with Gasteiger partial charge < -0.3 is 4.43 Å². The van der Waals surface area contributed by atoms with E-state index >= 15 is 0 Å². The Morgan fingerprint density at radius 2 is 1.59 bits per heavy atom. The maximum atomic E-state index is 6.35. The van der Waals surface area contributed by atoms with Gasteiger partial charge >= 0.3 is 0 Å². The first-order valence-electron chi connectivity index (χ1n) is 6.00. The SMILES string of the molecule is Cc1cc(O[Si](C)(C)C(C)(C)C)c(C)cc1Br. The van der Waals surface area contributed by atoms with Crippen LogP contribution >= 0.6 is 15.9 Å². The van der Waals surface area contributed by atoms with Gasteiger partial charge in [0.1, 0.15) is 5.75 Å². The summed E-state index contributed by atoms with van der Waals surface area (Å²) in [4.78, 5) is 0. The van der Waals surface area contributed by atoms with E-state index in [0.29, 0.717) is 0 Å². The fourth-order valence-electron chi connectivity index (χ4n) is 1.29. The fraction of sp³-hybridized carbons (Fsp3) is 0.571. The molecule has 0 heterocycles. The molecule has 0 atom stereocenters. The van der Waals surface area contributed by atoms with Crippen LogP contribution in [0.3, 0.4) is 0 Å². The summed E-state index contributed by atoms with van der Waals surface area (Å²) in [6.07, 6.45) is 0. The summed E-state index contributed by atoms with van der Waals surface area (Å²) in [6.45, 7) is 15.6. The zero-order valence-electron chi connectivity index (χ0n) is 11.9. The summed E-state index contributed by atoms with van der Waals surface area (Å²) in [7, 11) is -1.73. The lowest BCUT2D eigenvalue weighted by Gasteiger charge is -2.37. The average molecular weight is 315 g/mol. The minimum atomic E-state index is -1.73. The summed E-state index contributed by atoms with van der Waals surface area (Å²) in [5.41, 5.74) is 2.43. The predicted molar refractivity (Wildman–Crippen MR) is 81.4 cm³/mol. The van der Waals surface area contributed by atoms with E-state index in [-0.39, 0.29) is 5.04 Å². The Kier molecular flexibility index (Phi) is 4.15. The molecule has 0 amide bonds. The smallest absolute Gasteiger partial charge is 0.250 e. The highest BCUT2D eigenvalue weighted by atomic mass is 79.9. The van der Waals surface area contributed by atoms with Crippen LogP contribution in [0.5, 0.6) is 5.75 Å². The molecule has 3 heteroatoms. The number of aryl methyl sites for hydroxylation is 2. The van der Waals surface area contributed by atoms with E-state index in [9.17, 15) is 0 Å². The van der Waals surface area contributed by atoms with Crippen LogP contribution in [-0.2, 0) is 0 Å². The molecule has 0 spiro atoms. The topological polar surface area (TPSA) is 9.23 Å². The number of rotatable bonds is 2. The molecule has 0 aliphatic carbocycles. The van der Waals surface area contributed by atoms with Crippen LogP contribution < -0.4 is 4.43 Å². The molecule has 1 nitrogen and oxygen atoms in total. The van der Waals surface area contributed by atoms with Crippen molar-refractivity contribution in [1.82, 2.24) is 0 Å². The Hall–Kier alpha value is -0.283. The fourth-order valence-corrected chi connectivity index (χ4v) is 2.83. The summed E-state index contributed by atoms with van der Waals surface area (Å²) >= 11 is 3.56. The normalized spacial score (nSPS) is 12.7. The largest absolute Gasteiger partial charge is 0.543 e. The van der Waals surface area contributed by atoms with Crippen LogP contribution in [0.25, 0.3) is 0 Å². The van der Waals surface area contributed by atoms with Crippen LogP contribution in [0.4, 0.5) is 0 Å². The first-order chi connectivity index (χ1) is 7.54. The van der Waals surface area contributed by atoms with Gasteiger partial charge in [-0.1, -0.05) is 36.7 Å². The van der Waals surface area contributed by atoms with Crippen molar-refractivity contribution in [3.63, 3.8) is 0 Å². The number of halogens is 1. The first-order valence-corrected chi connectivity index (χ1v) is 9.70. The monoisotopic (exact) mass is 314 g/mol. The minimum Gasteiger partial charge on any atom is -0.543 e. The first kappa shape index (κ1) is 14.8. The summed E-state index contributed by atoms with van der Waals surface area (Å²) in [5.74, 6) is 1.04. The second-order valence-corrected chi connectivity index (χ2v) is 11.8. The van der Waals surface area contributed by atoms with E-state index in [0.717, 1.165) is 10.2 Å². The van der Waals surface area contributed by atoms with E-state index < -0.39 is 8.32 Å². The molecule has 17 heavy (non-hydrogen) atoms. The maximum Gasteiger partial charge on any atom is 0.250 e. The van der Waals surface area contributed by atoms with Gasteiger partial charge in [0.05, 0.1) is 0 Å². The molecule has 1 aromatic rings. The highest BCUT2D eigenvalue weighted by Crippen LogP contribution is 2.38. The van der Waals surface area contributed by atoms with Crippen molar-refractivity contribution < 1.29 is 4.43 Å². The van der Waals surface area contributed by atoms with E-state index in [1.54, 1.807) is 0 Å². The number of hydrogen-bond donors (Lipinski definition) is 0. The van der Waals surface area contributed by atoms with Crippen molar-refractivity contribution in [3.05, 3.63) is 27.7 Å². The van der Waals surface area contributed by atoms with Crippen LogP contribution in [0.15, 0.2) is 16.6 Å². The molecular weight excluding hydrogens is 292 g/mol. The molecule has 0 fully saturated rings. The molecule has 1 aromatic carbocycles. The molecule has 1 rings (SSSR count). The van der Waals surface area contributed by atoms with Crippen molar-refractivity contribution in [2.45, 2.75) is 52.8 Å². The van der Waals surface area contributed by atoms with Crippen molar-refractivity contribution in [3.8, 4) is 5.75 Å². The van der Waals surface area contributed by atoms with Crippen LogP contribution in [0, 0.1) is 13.8 Å². The van der Waals surface area contributed by atoms with Crippen LogP contribution in [-0.4, -0.2) is 8.32 Å². The summed E-state index contributed by atoms with van der Waals surface area (Å²) in [5, 5.41) is 0.237. The summed E-state index contributed by atoms with van der Waals surface area (Å²) < 4.78 is 7.50. The van der Waals surface area contributed by atoms with Crippen LogP contribution in [0.1, 0.15) is 31.9 Å². The Bertz CT molecular complexity index is 419. The molecule has 96 valence electrons. The lowest BCUT2D eigenvalue weighted by atomic mass is 10.1. The van der Waals surface area contributed by atoms with Crippen molar-refractivity contribution in [2.24, 2.45) is 0 Å². The zero-order chi connectivity index (χ0) is 13.4. The molecule has 0 aromatic heterocycles. The Labute approximate surface area is 115 Å². The number of benzene rings is 1. The van der Waals surface area contributed by atoms with Crippen LogP contribution in [0.2, 0.25) is 18.1 Å². The van der Waals surface area contributed by atoms with Gasteiger partial charge in [-0.25, -0.2) is 0 Å². The van der Waals surface area contributed by atoms with Gasteiger partial charge in [-0.3, -0.25) is 0 Å². The molecule has 0 radical (unpaired) electrons. The van der Waals surface area contributed by atoms with Gasteiger partial charge in [0.15, 0.2) is 0 Å². The predicted octanol–water partition coefficient (Wildman–Crippen LogP) is 5.45. The molecule has 0 saturated heterocycles. The highest BCUT2D eigenvalue weighted by molar-refractivity contribution is 9.10. The zero-order valence-corrected chi connectivity index (χ0v) is 14.5. The third-order valence-corrected chi connectivity index (χ3v) is 8.82. The van der Waals surface area contributed by atoms with E-state index in [1.807, 2.05) is 0 Å². The third-order valence-electron chi connectivity index (χ3n) is 3.63. The highest BCUT2D eigenvalue weighted by Gasteiger charge is 2.39. The number of hydrogen-bond acceptors (Lipinski definition) is 1. The average Bonchev–Trinajstić information content (AvgIpc) is 2.12. The quantitative estimate of drug-likeness (QED) is 0.659. The summed E-state index contributed by atoms with van der Waals surface area (Å²) in [6, 6.07) is 4.28. The van der Waals surface area contributed by atoms with E-state index in [4.69, 9.17) is 4.43 Å². The molecule has 0 saturated carbocycles. The second kappa shape index (κ2) is 4.77. The van der Waals surface area contributed by atoms with Gasteiger partial charge in [-0.05, 0) is 55.2 Å². The maximum absolute atomic E-state index is 6.35. The van der Waals surface area contributed by atoms with Crippen molar-refractivity contribution in [2.75, 3.05) is 0 Å². The van der Waals surface area contributed by atoms with Gasteiger partial charge in [-0.2, -0.15) is 0 Å². The molecule has 0 bridgehead atoms. The van der Waals surface area contributed by atoms with Gasteiger partial charge in [0.25, 0.3) is 0 Å². The van der Waals surface area contributed by atoms with Gasteiger partial charge in [0.2, 0.25) is 8.32 Å². The van der Waals surface area contributed by atoms with E-state index in [2.05, 4.69) is 75.8 Å². The molecule has 0 N–H and O–H groups in total. The van der Waals surface area contributed by atoms with Crippen molar-refractivity contribution >= 4 is 24.2 Å². The lowest BCUT2D eigenvalue weighted by molar-refractivity contribution is 0.489. The Balaban J connectivity index is 3.08. The third kappa shape index (κ3) is 3.35. The molecule has 0 aliphatic heterocycles. The molecule has 0 aliphatic rings. The standard InChI is InChI=1S/C14H23BrOSi/c1-10-9-13(11(2)8-12(10)15)16-17(6,7)14(3,4)5/h8-9H,1-7H3. The second-order valence-electron chi connectivity index (χ2n) is 6.23. The Morgan fingerprint density at radius 3 is 2.06 bits per heavy atom. The van der Waals surface area contributed by atoms with Crippen molar-refractivity contribution in [1.29, 1.82) is 0 Å². The van der Waals surface area contributed by atoms with Gasteiger partial charge in [0, 0.05) is 4.47 Å². The van der Waals surface area contributed by atoms with E-state index in [1.165, 1.54) is 11.1 Å². The minimum absolute atomic E-state index is 0.237. The molecule has 0 unspecified atom stereocenters. The lowest BCUT2D eigenvalue weighted by Crippen LogP contribution is -2.44. The Morgan fingerprint density at radius 1 is 1.06 bits per heavy atom. The van der Waals surface area contributed by atoms with Gasteiger partial charge in [-0.15, -0.1) is 0 Å².